The Labute approximate surface area is 117 Å². The number of nitrogens with zero attached hydrogens (tertiary/aromatic N) is 3. The molecular formula is C15H17N3O2. The highest BCUT2D eigenvalue weighted by molar-refractivity contribution is 5.92. The monoisotopic (exact) mass is 271 g/mol. The molecule has 0 spiro atoms. The van der Waals surface area contributed by atoms with Crippen LogP contribution >= 0.6 is 0 Å². The number of rotatable bonds is 2. The molecule has 1 saturated heterocycles. The maximum absolute atomic E-state index is 12.6. The number of pyridine rings is 1. The second-order valence-electron chi connectivity index (χ2n) is 4.85. The van der Waals surface area contributed by atoms with E-state index >= 15 is 0 Å². The first kappa shape index (κ1) is 12.9. The summed E-state index contributed by atoms with van der Waals surface area (Å²) in [6.07, 6.45) is 3.62. The maximum Gasteiger partial charge on any atom is 0.273 e. The van der Waals surface area contributed by atoms with E-state index in [9.17, 15) is 4.79 Å². The Kier molecular flexibility index (Phi) is 3.52. The van der Waals surface area contributed by atoms with Gasteiger partial charge in [-0.2, -0.15) is 0 Å². The molecule has 0 bridgehead atoms. The van der Waals surface area contributed by atoms with E-state index in [4.69, 9.17) is 4.74 Å². The third kappa shape index (κ3) is 2.32. The highest BCUT2D eigenvalue weighted by atomic mass is 16.5. The lowest BCUT2D eigenvalue weighted by atomic mass is 10.1. The van der Waals surface area contributed by atoms with Gasteiger partial charge in [-0.1, -0.05) is 6.07 Å². The Hall–Kier alpha value is -2.14. The lowest BCUT2D eigenvalue weighted by molar-refractivity contribution is -0.00493. The minimum Gasteiger partial charge on any atom is -0.377 e. The van der Waals surface area contributed by atoms with Gasteiger partial charge in [0.15, 0.2) is 0 Å². The van der Waals surface area contributed by atoms with Crippen LogP contribution in [0.5, 0.6) is 0 Å². The van der Waals surface area contributed by atoms with Crippen molar-refractivity contribution in [2.45, 2.75) is 6.04 Å². The summed E-state index contributed by atoms with van der Waals surface area (Å²) in [6, 6.07) is 9.34. The molecule has 1 fully saturated rings. The molecule has 0 N–H and O–H groups in total. The van der Waals surface area contributed by atoms with Gasteiger partial charge >= 0.3 is 0 Å². The largest absolute Gasteiger partial charge is 0.377 e. The Bertz CT molecular complexity index is 594. The van der Waals surface area contributed by atoms with Gasteiger partial charge in [-0.3, -0.25) is 9.78 Å². The molecule has 2 aromatic heterocycles. The van der Waals surface area contributed by atoms with Gasteiger partial charge in [-0.15, -0.1) is 0 Å². The van der Waals surface area contributed by atoms with E-state index in [1.165, 1.54) is 0 Å². The summed E-state index contributed by atoms with van der Waals surface area (Å²) < 4.78 is 7.58. The summed E-state index contributed by atoms with van der Waals surface area (Å²) >= 11 is 0. The molecule has 5 heteroatoms. The zero-order chi connectivity index (χ0) is 13.9. The Morgan fingerprint density at radius 3 is 2.95 bits per heavy atom. The van der Waals surface area contributed by atoms with Crippen LogP contribution in [-0.2, 0) is 11.8 Å². The van der Waals surface area contributed by atoms with Gasteiger partial charge in [0.25, 0.3) is 5.91 Å². The van der Waals surface area contributed by atoms with Crippen molar-refractivity contribution in [2.24, 2.45) is 7.05 Å². The number of hydrogen-bond donors (Lipinski definition) is 0. The predicted octanol–water partition coefficient (Wildman–Crippen LogP) is 1.63. The zero-order valence-corrected chi connectivity index (χ0v) is 11.4. The number of carbonyl (C=O) groups is 1. The van der Waals surface area contributed by atoms with Crippen molar-refractivity contribution in [2.75, 3.05) is 19.8 Å². The van der Waals surface area contributed by atoms with E-state index in [0.717, 1.165) is 5.69 Å². The van der Waals surface area contributed by atoms with E-state index in [0.29, 0.717) is 25.5 Å². The normalized spacial score (nSPS) is 19.1. The second kappa shape index (κ2) is 5.46. The van der Waals surface area contributed by atoms with Crippen LogP contribution in [0.25, 0.3) is 0 Å². The van der Waals surface area contributed by atoms with Crippen molar-refractivity contribution in [3.63, 3.8) is 0 Å². The highest BCUT2D eigenvalue weighted by Gasteiger charge is 2.31. The lowest BCUT2D eigenvalue weighted by Crippen LogP contribution is -2.44. The Morgan fingerprint density at radius 1 is 1.35 bits per heavy atom. The number of hydrogen-bond acceptors (Lipinski definition) is 3. The summed E-state index contributed by atoms with van der Waals surface area (Å²) in [4.78, 5) is 18.6. The van der Waals surface area contributed by atoms with Gasteiger partial charge in [-0.25, -0.2) is 0 Å². The minimum atomic E-state index is -0.0572. The fourth-order valence-electron chi connectivity index (χ4n) is 2.55. The standard InChI is InChI=1S/C15H17N3O2/c1-17-8-4-6-13(17)14-11-20-10-9-18(14)15(19)12-5-2-3-7-16-12/h2-8,14H,9-11H2,1H3/t14-/m0/s1. The summed E-state index contributed by atoms with van der Waals surface area (Å²) in [5.74, 6) is -0.0416. The van der Waals surface area contributed by atoms with Crippen molar-refractivity contribution >= 4 is 5.91 Å². The van der Waals surface area contributed by atoms with E-state index < -0.39 is 0 Å². The summed E-state index contributed by atoms with van der Waals surface area (Å²) in [5.41, 5.74) is 1.56. The predicted molar refractivity (Wildman–Crippen MR) is 74.2 cm³/mol. The SMILES string of the molecule is Cn1cccc1[C@@H]1COCCN1C(=O)c1ccccn1. The van der Waals surface area contributed by atoms with Gasteiger partial charge in [-0.05, 0) is 24.3 Å². The summed E-state index contributed by atoms with van der Waals surface area (Å²) in [7, 11) is 1.98. The summed E-state index contributed by atoms with van der Waals surface area (Å²) in [6.45, 7) is 1.68. The topological polar surface area (TPSA) is 47.4 Å². The van der Waals surface area contributed by atoms with Crippen LogP contribution in [0.2, 0.25) is 0 Å². The summed E-state index contributed by atoms with van der Waals surface area (Å²) in [5, 5.41) is 0. The van der Waals surface area contributed by atoms with Gasteiger partial charge in [0.1, 0.15) is 5.69 Å². The molecule has 20 heavy (non-hydrogen) atoms. The van der Waals surface area contributed by atoms with Gasteiger partial charge < -0.3 is 14.2 Å². The van der Waals surface area contributed by atoms with Crippen molar-refractivity contribution in [1.82, 2.24) is 14.5 Å². The molecule has 0 saturated carbocycles. The molecule has 3 heterocycles. The number of aromatic nitrogens is 2. The van der Waals surface area contributed by atoms with Crippen LogP contribution in [0.3, 0.4) is 0 Å². The van der Waals surface area contributed by atoms with Crippen LogP contribution < -0.4 is 0 Å². The first-order valence-corrected chi connectivity index (χ1v) is 6.68. The first-order chi connectivity index (χ1) is 9.77. The molecule has 2 aromatic rings. The van der Waals surface area contributed by atoms with E-state index in [1.807, 2.05) is 47.0 Å². The van der Waals surface area contributed by atoms with Crippen molar-refractivity contribution < 1.29 is 9.53 Å². The molecule has 1 aliphatic heterocycles. The molecular weight excluding hydrogens is 254 g/mol. The number of morpholine rings is 1. The third-order valence-corrected chi connectivity index (χ3v) is 3.60. The fourth-order valence-corrected chi connectivity index (χ4v) is 2.55. The average molecular weight is 271 g/mol. The lowest BCUT2D eigenvalue weighted by Gasteiger charge is -2.35. The minimum absolute atomic E-state index is 0.0416. The van der Waals surface area contributed by atoms with Gasteiger partial charge in [0.2, 0.25) is 0 Å². The molecule has 3 rings (SSSR count). The van der Waals surface area contributed by atoms with Gasteiger partial charge in [0, 0.05) is 31.7 Å². The van der Waals surface area contributed by atoms with Crippen LogP contribution in [-0.4, -0.2) is 40.1 Å². The second-order valence-corrected chi connectivity index (χ2v) is 4.85. The number of aryl methyl sites for hydroxylation is 1. The zero-order valence-electron chi connectivity index (χ0n) is 11.4. The quantitative estimate of drug-likeness (QED) is 0.834. The molecule has 0 aromatic carbocycles. The molecule has 1 atom stereocenters. The number of amides is 1. The molecule has 0 radical (unpaired) electrons. The van der Waals surface area contributed by atoms with Crippen LogP contribution in [0.15, 0.2) is 42.7 Å². The first-order valence-electron chi connectivity index (χ1n) is 6.68. The molecule has 104 valence electrons. The van der Waals surface area contributed by atoms with Gasteiger partial charge in [0.05, 0.1) is 19.3 Å². The third-order valence-electron chi connectivity index (χ3n) is 3.60. The van der Waals surface area contributed by atoms with Crippen LogP contribution in [0.4, 0.5) is 0 Å². The van der Waals surface area contributed by atoms with E-state index in [1.54, 1.807) is 12.3 Å². The van der Waals surface area contributed by atoms with Crippen LogP contribution in [0, 0.1) is 0 Å². The van der Waals surface area contributed by atoms with E-state index in [-0.39, 0.29) is 11.9 Å². The number of carbonyl (C=O) groups excluding carboxylic acids is 1. The molecule has 5 nitrogen and oxygen atoms in total. The van der Waals surface area contributed by atoms with Crippen molar-refractivity contribution in [1.29, 1.82) is 0 Å². The van der Waals surface area contributed by atoms with E-state index in [2.05, 4.69) is 4.98 Å². The highest BCUT2D eigenvalue weighted by Crippen LogP contribution is 2.25. The molecule has 0 unspecified atom stereocenters. The average Bonchev–Trinajstić information content (AvgIpc) is 2.93. The van der Waals surface area contributed by atoms with Crippen molar-refractivity contribution in [3.05, 3.63) is 54.1 Å². The Balaban J connectivity index is 1.90. The van der Waals surface area contributed by atoms with Crippen molar-refractivity contribution in [3.8, 4) is 0 Å². The molecule has 1 aliphatic rings. The maximum atomic E-state index is 12.6. The smallest absolute Gasteiger partial charge is 0.273 e. The molecule has 0 aliphatic carbocycles. The molecule has 1 amide bonds. The van der Waals surface area contributed by atoms with Crippen LogP contribution in [0.1, 0.15) is 22.2 Å². The fraction of sp³-hybridized carbons (Fsp3) is 0.333. The Morgan fingerprint density at radius 2 is 2.25 bits per heavy atom. The number of ether oxygens (including phenoxy) is 1.